The molecule has 1 N–H and O–H groups in total. The highest BCUT2D eigenvalue weighted by atomic mass is 16.7. The Labute approximate surface area is 184 Å². The van der Waals surface area contributed by atoms with E-state index in [9.17, 15) is 4.79 Å². The van der Waals surface area contributed by atoms with Crippen molar-refractivity contribution in [1.29, 1.82) is 0 Å². The van der Waals surface area contributed by atoms with Crippen molar-refractivity contribution in [3.8, 4) is 5.75 Å². The number of nitrogens with one attached hydrogen (secondary N) is 1. The van der Waals surface area contributed by atoms with Crippen LogP contribution in [0.2, 0.25) is 0 Å². The second-order valence-electron chi connectivity index (χ2n) is 9.14. The molecule has 1 saturated heterocycles. The van der Waals surface area contributed by atoms with E-state index in [1.165, 1.54) is 5.56 Å². The minimum absolute atomic E-state index is 0.0384. The van der Waals surface area contributed by atoms with Crippen molar-refractivity contribution < 1.29 is 19.0 Å². The van der Waals surface area contributed by atoms with Crippen LogP contribution in [0.25, 0.3) is 0 Å². The highest BCUT2D eigenvalue weighted by molar-refractivity contribution is 5.98. The smallest absolute Gasteiger partial charge is 0.265 e. The third kappa shape index (κ3) is 5.38. The minimum atomic E-state index is -0.152. The predicted molar refractivity (Wildman–Crippen MR) is 122 cm³/mol. The molecule has 0 aliphatic carbocycles. The lowest BCUT2D eigenvalue weighted by molar-refractivity contribution is -0.161. The first kappa shape index (κ1) is 21.7. The van der Waals surface area contributed by atoms with E-state index in [0.29, 0.717) is 18.9 Å². The highest BCUT2D eigenvalue weighted by Gasteiger charge is 2.26. The maximum Gasteiger partial charge on any atom is 0.265 e. The number of anilines is 3. The fraction of sp³-hybridized carbons (Fsp3) is 0.480. The molecule has 1 fully saturated rings. The first-order valence-corrected chi connectivity index (χ1v) is 11.1. The average Bonchev–Trinajstić information content (AvgIpc) is 2.76. The van der Waals surface area contributed by atoms with E-state index in [-0.39, 0.29) is 24.2 Å². The number of carbonyl (C=O) groups is 1. The summed E-state index contributed by atoms with van der Waals surface area (Å²) < 4.78 is 17.1. The molecule has 31 heavy (non-hydrogen) atoms. The van der Waals surface area contributed by atoms with Gasteiger partial charge in [0.15, 0.2) is 12.9 Å². The summed E-state index contributed by atoms with van der Waals surface area (Å²) in [6.45, 7) is 8.32. The van der Waals surface area contributed by atoms with Gasteiger partial charge < -0.3 is 24.4 Å². The van der Waals surface area contributed by atoms with Crippen LogP contribution in [0.15, 0.2) is 42.5 Å². The van der Waals surface area contributed by atoms with Crippen molar-refractivity contribution in [1.82, 2.24) is 0 Å². The molecule has 166 valence electrons. The molecule has 4 rings (SSSR count). The van der Waals surface area contributed by atoms with E-state index in [2.05, 4.69) is 50.4 Å². The van der Waals surface area contributed by atoms with Crippen molar-refractivity contribution in [2.75, 3.05) is 36.6 Å². The van der Waals surface area contributed by atoms with Gasteiger partial charge in [-0.05, 0) is 54.5 Å². The summed E-state index contributed by atoms with van der Waals surface area (Å²) in [7, 11) is 0. The minimum Gasteiger partial charge on any atom is -0.481 e. The summed E-state index contributed by atoms with van der Waals surface area (Å²) in [4.78, 5) is 14.2. The summed E-state index contributed by atoms with van der Waals surface area (Å²) in [6, 6.07) is 14.3. The zero-order chi connectivity index (χ0) is 21.8. The number of fused-ring (bicyclic) bond motifs is 1. The monoisotopic (exact) mass is 424 g/mol. The van der Waals surface area contributed by atoms with Crippen LogP contribution in [0.3, 0.4) is 0 Å². The number of carbonyl (C=O) groups excluding carboxylic acids is 1. The maximum atomic E-state index is 12.4. The van der Waals surface area contributed by atoms with E-state index in [1.54, 1.807) is 4.90 Å². The largest absolute Gasteiger partial charge is 0.481 e. The molecule has 2 aliphatic heterocycles. The molecule has 1 amide bonds. The Hall–Kier alpha value is -2.57. The Morgan fingerprint density at radius 1 is 1.10 bits per heavy atom. The third-order valence-corrected chi connectivity index (χ3v) is 5.70. The van der Waals surface area contributed by atoms with Crippen LogP contribution in [0, 0.1) is 0 Å². The molecule has 2 aromatic rings. The number of benzene rings is 2. The Morgan fingerprint density at radius 3 is 2.58 bits per heavy atom. The predicted octanol–water partition coefficient (Wildman–Crippen LogP) is 5.00. The van der Waals surface area contributed by atoms with Crippen molar-refractivity contribution in [2.45, 2.75) is 51.7 Å². The van der Waals surface area contributed by atoms with Gasteiger partial charge in [-0.25, -0.2) is 0 Å². The van der Waals surface area contributed by atoms with Gasteiger partial charge in [-0.3, -0.25) is 4.79 Å². The molecule has 2 aliphatic rings. The zero-order valence-corrected chi connectivity index (χ0v) is 18.6. The van der Waals surface area contributed by atoms with Gasteiger partial charge in [-0.2, -0.15) is 0 Å². The van der Waals surface area contributed by atoms with E-state index in [4.69, 9.17) is 14.2 Å². The summed E-state index contributed by atoms with van der Waals surface area (Å²) in [5, 5.41) is 3.42. The molecule has 0 radical (unpaired) electrons. The standard InChI is InChI=1S/C25H32N2O4/c1-25(2,3)18-7-9-19(10-8-18)26-20-11-12-21-22(16-20)31-17-23(28)27(21)13-15-30-24-6-4-5-14-29-24/h7-12,16,24,26H,4-6,13-15,17H2,1-3H3. The lowest BCUT2D eigenvalue weighted by atomic mass is 9.87. The summed E-state index contributed by atoms with van der Waals surface area (Å²) in [6.07, 6.45) is 2.98. The average molecular weight is 425 g/mol. The SMILES string of the molecule is CC(C)(C)c1ccc(Nc2ccc3c(c2)OCC(=O)N3CCOC2CCCCO2)cc1. The van der Waals surface area contributed by atoms with Crippen LogP contribution >= 0.6 is 0 Å². The zero-order valence-electron chi connectivity index (χ0n) is 18.6. The van der Waals surface area contributed by atoms with Crippen molar-refractivity contribution in [3.63, 3.8) is 0 Å². The van der Waals surface area contributed by atoms with Crippen LogP contribution in [0.4, 0.5) is 17.1 Å². The van der Waals surface area contributed by atoms with E-state index in [1.807, 2.05) is 18.2 Å². The third-order valence-electron chi connectivity index (χ3n) is 5.70. The molecule has 2 aromatic carbocycles. The Balaban J connectivity index is 1.40. The number of amides is 1. The van der Waals surface area contributed by atoms with Crippen LogP contribution in [-0.2, 0) is 19.7 Å². The van der Waals surface area contributed by atoms with Crippen LogP contribution in [0.5, 0.6) is 5.75 Å². The summed E-state index contributed by atoms with van der Waals surface area (Å²) in [5.74, 6) is 0.643. The molecule has 6 heteroatoms. The first-order chi connectivity index (χ1) is 14.9. The molecular weight excluding hydrogens is 392 g/mol. The lowest BCUT2D eigenvalue weighted by Gasteiger charge is -2.30. The number of rotatable bonds is 6. The van der Waals surface area contributed by atoms with Crippen LogP contribution in [-0.4, -0.2) is 38.6 Å². The molecule has 2 heterocycles. The Bertz CT molecular complexity index is 899. The van der Waals surface area contributed by atoms with Gasteiger partial charge in [0.2, 0.25) is 0 Å². The second-order valence-corrected chi connectivity index (χ2v) is 9.14. The summed E-state index contributed by atoms with van der Waals surface area (Å²) >= 11 is 0. The first-order valence-electron chi connectivity index (χ1n) is 11.1. The van der Waals surface area contributed by atoms with Crippen molar-refractivity contribution >= 4 is 23.0 Å². The van der Waals surface area contributed by atoms with E-state index in [0.717, 1.165) is 42.9 Å². The summed E-state index contributed by atoms with van der Waals surface area (Å²) in [5.41, 5.74) is 4.13. The molecule has 0 spiro atoms. The van der Waals surface area contributed by atoms with Gasteiger partial charge in [-0.15, -0.1) is 0 Å². The molecule has 1 unspecified atom stereocenters. The topological polar surface area (TPSA) is 60.0 Å². The molecular formula is C25H32N2O4. The molecule has 0 aromatic heterocycles. The Morgan fingerprint density at radius 2 is 1.87 bits per heavy atom. The molecule has 6 nitrogen and oxygen atoms in total. The fourth-order valence-electron chi connectivity index (χ4n) is 3.87. The van der Waals surface area contributed by atoms with Gasteiger partial charge in [0.25, 0.3) is 5.91 Å². The number of hydrogen-bond donors (Lipinski definition) is 1. The highest BCUT2D eigenvalue weighted by Crippen LogP contribution is 2.35. The lowest BCUT2D eigenvalue weighted by Crippen LogP contribution is -2.41. The van der Waals surface area contributed by atoms with Crippen LogP contribution < -0.4 is 15.0 Å². The fourth-order valence-corrected chi connectivity index (χ4v) is 3.87. The maximum absolute atomic E-state index is 12.4. The second kappa shape index (κ2) is 9.28. The van der Waals surface area contributed by atoms with Gasteiger partial charge in [0.1, 0.15) is 5.75 Å². The van der Waals surface area contributed by atoms with E-state index >= 15 is 0 Å². The molecule has 1 atom stereocenters. The van der Waals surface area contributed by atoms with Gasteiger partial charge >= 0.3 is 0 Å². The van der Waals surface area contributed by atoms with Crippen molar-refractivity contribution in [2.24, 2.45) is 0 Å². The van der Waals surface area contributed by atoms with Gasteiger partial charge in [0.05, 0.1) is 12.3 Å². The van der Waals surface area contributed by atoms with Crippen molar-refractivity contribution in [3.05, 3.63) is 48.0 Å². The number of nitrogens with zero attached hydrogens (tertiary/aromatic N) is 1. The number of ether oxygens (including phenoxy) is 3. The molecule has 0 bridgehead atoms. The van der Waals surface area contributed by atoms with Gasteiger partial charge in [0, 0.05) is 30.6 Å². The molecule has 0 saturated carbocycles. The van der Waals surface area contributed by atoms with E-state index < -0.39 is 0 Å². The van der Waals surface area contributed by atoms with Gasteiger partial charge in [-0.1, -0.05) is 32.9 Å². The normalized spacial score (nSPS) is 19.0. The quantitative estimate of drug-likeness (QED) is 0.707. The van der Waals surface area contributed by atoms with Crippen LogP contribution in [0.1, 0.15) is 45.6 Å². The number of hydrogen-bond acceptors (Lipinski definition) is 5. The Kier molecular flexibility index (Phi) is 6.49.